The molecule has 1 saturated heterocycles. The van der Waals surface area contributed by atoms with Gasteiger partial charge in [-0.15, -0.1) is 0 Å². The van der Waals surface area contributed by atoms with Gasteiger partial charge in [0.05, 0.1) is 0 Å². The number of benzene rings is 2. The third-order valence-electron chi connectivity index (χ3n) is 4.58. The second-order valence-electron chi connectivity index (χ2n) is 7.20. The third-order valence-corrected chi connectivity index (χ3v) is 4.58. The van der Waals surface area contributed by atoms with E-state index in [0.717, 1.165) is 23.7 Å². The summed E-state index contributed by atoms with van der Waals surface area (Å²) in [4.78, 5) is 27.5. The minimum absolute atomic E-state index is 0.169. The highest BCUT2D eigenvalue weighted by atomic mass is 16.5. The third kappa shape index (κ3) is 4.39. The Balaban J connectivity index is 1.50. The van der Waals surface area contributed by atoms with Gasteiger partial charge >= 0.3 is 6.03 Å². The first kappa shape index (κ1) is 18.8. The number of ether oxygens (including phenoxy) is 1. The van der Waals surface area contributed by atoms with Crippen LogP contribution in [0.1, 0.15) is 20.3 Å². The van der Waals surface area contributed by atoms with Crippen LogP contribution < -0.4 is 15.0 Å². The molecule has 142 valence electrons. The van der Waals surface area contributed by atoms with Crippen LogP contribution in [0.25, 0.3) is 0 Å². The van der Waals surface area contributed by atoms with Crippen LogP contribution >= 0.6 is 0 Å². The number of nitrogens with zero attached hydrogens (tertiary/aromatic N) is 2. The fraction of sp³-hybridized carbons (Fsp3) is 0.333. The molecule has 0 aliphatic carbocycles. The molecule has 0 atom stereocenters. The number of amides is 3. The first-order valence-corrected chi connectivity index (χ1v) is 9.05. The molecule has 0 saturated carbocycles. The number of carbonyl (C=O) groups excluding carboxylic acids is 2. The summed E-state index contributed by atoms with van der Waals surface area (Å²) in [6.45, 7) is 4.58. The Morgan fingerprint density at radius 1 is 1.00 bits per heavy atom. The summed E-state index contributed by atoms with van der Waals surface area (Å²) in [6, 6.07) is 17.2. The first-order valence-electron chi connectivity index (χ1n) is 9.05. The van der Waals surface area contributed by atoms with Crippen LogP contribution in [0.15, 0.2) is 54.6 Å². The van der Waals surface area contributed by atoms with Gasteiger partial charge < -0.3 is 15.0 Å². The largest absolute Gasteiger partial charge is 0.457 e. The SMILES string of the molecule is CN(CCCN1C(=O)NC(C)(C)C1=O)c1ccc(Oc2ccccc2)cc1. The van der Waals surface area contributed by atoms with Crippen molar-refractivity contribution < 1.29 is 14.3 Å². The van der Waals surface area contributed by atoms with Crippen LogP contribution in [0.2, 0.25) is 0 Å². The topological polar surface area (TPSA) is 61.9 Å². The lowest BCUT2D eigenvalue weighted by molar-refractivity contribution is -0.130. The molecule has 1 heterocycles. The quantitative estimate of drug-likeness (QED) is 0.759. The molecule has 3 amide bonds. The summed E-state index contributed by atoms with van der Waals surface area (Å²) in [5, 5.41) is 2.70. The number of hydrogen-bond donors (Lipinski definition) is 1. The zero-order valence-electron chi connectivity index (χ0n) is 15.9. The van der Waals surface area contributed by atoms with Gasteiger partial charge in [-0.1, -0.05) is 18.2 Å². The molecule has 2 aromatic rings. The summed E-state index contributed by atoms with van der Waals surface area (Å²) in [6.07, 6.45) is 0.702. The second-order valence-corrected chi connectivity index (χ2v) is 7.20. The number of para-hydroxylation sites is 1. The molecule has 0 spiro atoms. The van der Waals surface area contributed by atoms with E-state index in [1.807, 2.05) is 61.6 Å². The van der Waals surface area contributed by atoms with E-state index in [0.29, 0.717) is 13.0 Å². The smallest absolute Gasteiger partial charge is 0.325 e. The number of imide groups is 1. The number of nitrogens with one attached hydrogen (secondary N) is 1. The number of carbonyl (C=O) groups is 2. The predicted octanol–water partition coefficient (Wildman–Crippen LogP) is 3.64. The van der Waals surface area contributed by atoms with Crippen molar-refractivity contribution in [3.63, 3.8) is 0 Å². The fourth-order valence-electron chi connectivity index (χ4n) is 3.01. The highest BCUT2D eigenvalue weighted by molar-refractivity contribution is 6.06. The van der Waals surface area contributed by atoms with Crippen molar-refractivity contribution in [2.45, 2.75) is 25.8 Å². The van der Waals surface area contributed by atoms with Gasteiger partial charge in [0.15, 0.2) is 0 Å². The van der Waals surface area contributed by atoms with E-state index in [1.165, 1.54) is 4.90 Å². The minimum atomic E-state index is -0.808. The Bertz CT molecular complexity index is 803. The van der Waals surface area contributed by atoms with E-state index in [2.05, 4.69) is 10.2 Å². The molecule has 1 aliphatic heterocycles. The zero-order valence-corrected chi connectivity index (χ0v) is 15.9. The van der Waals surface area contributed by atoms with E-state index in [-0.39, 0.29) is 11.9 Å². The summed E-state index contributed by atoms with van der Waals surface area (Å²) in [5.41, 5.74) is 0.241. The molecule has 0 aromatic heterocycles. The van der Waals surface area contributed by atoms with Gasteiger partial charge in [-0.05, 0) is 56.7 Å². The summed E-state index contributed by atoms with van der Waals surface area (Å²) >= 11 is 0. The lowest BCUT2D eigenvalue weighted by atomic mass is 10.1. The Morgan fingerprint density at radius 2 is 1.63 bits per heavy atom. The standard InChI is InChI=1S/C21H25N3O3/c1-21(2)19(25)24(20(26)22-21)15-7-14-23(3)16-10-12-18(13-11-16)27-17-8-5-4-6-9-17/h4-6,8-13H,7,14-15H2,1-3H3,(H,22,26). The van der Waals surface area contributed by atoms with E-state index >= 15 is 0 Å². The maximum absolute atomic E-state index is 12.2. The molecule has 0 bridgehead atoms. The van der Waals surface area contributed by atoms with E-state index < -0.39 is 5.54 Å². The highest BCUT2D eigenvalue weighted by Gasteiger charge is 2.43. The van der Waals surface area contributed by atoms with Crippen LogP contribution in [0.4, 0.5) is 10.5 Å². The van der Waals surface area contributed by atoms with Crippen molar-refractivity contribution in [3.8, 4) is 11.5 Å². The Kier molecular flexibility index (Phi) is 5.35. The monoisotopic (exact) mass is 367 g/mol. The maximum atomic E-state index is 12.2. The molecule has 0 unspecified atom stereocenters. The van der Waals surface area contributed by atoms with Crippen LogP contribution in [0, 0.1) is 0 Å². The summed E-state index contributed by atoms with van der Waals surface area (Å²) < 4.78 is 5.80. The fourth-order valence-corrected chi connectivity index (χ4v) is 3.01. The van der Waals surface area contributed by atoms with Crippen LogP contribution in [-0.4, -0.2) is 42.5 Å². The number of anilines is 1. The number of hydrogen-bond acceptors (Lipinski definition) is 4. The predicted molar refractivity (Wildman–Crippen MR) is 105 cm³/mol. The summed E-state index contributed by atoms with van der Waals surface area (Å²) in [7, 11) is 1.99. The number of rotatable bonds is 7. The Labute approximate surface area is 159 Å². The van der Waals surface area contributed by atoms with Crippen molar-refractivity contribution in [2.75, 3.05) is 25.0 Å². The van der Waals surface area contributed by atoms with Crippen molar-refractivity contribution in [1.29, 1.82) is 0 Å². The minimum Gasteiger partial charge on any atom is -0.457 e. The van der Waals surface area contributed by atoms with Crippen LogP contribution in [-0.2, 0) is 4.79 Å². The van der Waals surface area contributed by atoms with Gasteiger partial charge in [0.2, 0.25) is 0 Å². The van der Waals surface area contributed by atoms with Gasteiger partial charge in [0.1, 0.15) is 17.0 Å². The first-order chi connectivity index (χ1) is 12.9. The molecule has 1 N–H and O–H groups in total. The maximum Gasteiger partial charge on any atom is 0.325 e. The van der Waals surface area contributed by atoms with E-state index in [4.69, 9.17) is 4.74 Å². The highest BCUT2D eigenvalue weighted by Crippen LogP contribution is 2.24. The molecule has 6 nitrogen and oxygen atoms in total. The molecule has 1 fully saturated rings. The van der Waals surface area contributed by atoms with Crippen LogP contribution in [0.5, 0.6) is 11.5 Å². The van der Waals surface area contributed by atoms with Gasteiger partial charge in [-0.25, -0.2) is 4.79 Å². The Morgan fingerprint density at radius 3 is 2.22 bits per heavy atom. The molecular formula is C21H25N3O3. The molecule has 6 heteroatoms. The van der Waals surface area contributed by atoms with Gasteiger partial charge in [-0.2, -0.15) is 0 Å². The molecule has 1 aliphatic rings. The molecule has 27 heavy (non-hydrogen) atoms. The van der Waals surface area contributed by atoms with Crippen molar-refractivity contribution >= 4 is 17.6 Å². The van der Waals surface area contributed by atoms with E-state index in [9.17, 15) is 9.59 Å². The van der Waals surface area contributed by atoms with E-state index in [1.54, 1.807) is 13.8 Å². The van der Waals surface area contributed by atoms with Crippen molar-refractivity contribution in [3.05, 3.63) is 54.6 Å². The normalized spacial score (nSPS) is 15.6. The van der Waals surface area contributed by atoms with Crippen LogP contribution in [0.3, 0.4) is 0 Å². The van der Waals surface area contributed by atoms with Gasteiger partial charge in [-0.3, -0.25) is 9.69 Å². The van der Waals surface area contributed by atoms with Crippen molar-refractivity contribution in [2.24, 2.45) is 0 Å². The molecule has 2 aromatic carbocycles. The lowest BCUT2D eigenvalue weighted by Gasteiger charge is -2.21. The lowest BCUT2D eigenvalue weighted by Crippen LogP contribution is -2.40. The summed E-state index contributed by atoms with van der Waals surface area (Å²) in [5.74, 6) is 1.41. The average Bonchev–Trinajstić information content (AvgIpc) is 2.84. The molecule has 0 radical (unpaired) electrons. The van der Waals surface area contributed by atoms with Gasteiger partial charge in [0.25, 0.3) is 5.91 Å². The zero-order chi connectivity index (χ0) is 19.4. The molecule has 3 rings (SSSR count). The van der Waals surface area contributed by atoms with Gasteiger partial charge in [0, 0.05) is 25.8 Å². The number of urea groups is 1. The average molecular weight is 367 g/mol. The van der Waals surface area contributed by atoms with Crippen molar-refractivity contribution in [1.82, 2.24) is 10.2 Å². The molecular weight excluding hydrogens is 342 g/mol. The Hall–Kier alpha value is -3.02. The second kappa shape index (κ2) is 7.70.